The number of hydrogen-bond acceptors (Lipinski definition) is 5. The summed E-state index contributed by atoms with van der Waals surface area (Å²) < 4.78 is 8.58. The van der Waals surface area contributed by atoms with Crippen LogP contribution in [-0.4, -0.2) is 32.3 Å². The Bertz CT molecular complexity index is 1210. The third kappa shape index (κ3) is 4.30. The lowest BCUT2D eigenvalue weighted by Gasteiger charge is -2.08. The van der Waals surface area contributed by atoms with E-state index in [0.717, 1.165) is 23.4 Å². The first-order valence-corrected chi connectivity index (χ1v) is 9.90. The third-order valence-electron chi connectivity index (χ3n) is 4.65. The number of nitrogens with zero attached hydrogens (tertiary/aromatic N) is 5. The second-order valence-electron chi connectivity index (χ2n) is 7.37. The predicted octanol–water partition coefficient (Wildman–Crippen LogP) is 3.89. The summed E-state index contributed by atoms with van der Waals surface area (Å²) in [4.78, 5) is 17.1. The quantitative estimate of drug-likeness (QED) is 0.440. The van der Waals surface area contributed by atoms with E-state index >= 15 is 0 Å². The molecule has 152 valence electrons. The van der Waals surface area contributed by atoms with Crippen LogP contribution in [0.5, 0.6) is 5.75 Å². The molecular formula is C23H23N5O2. The molecule has 7 heteroatoms. The number of rotatable bonds is 7. The summed E-state index contributed by atoms with van der Waals surface area (Å²) in [6, 6.07) is 17.2. The lowest BCUT2D eigenvalue weighted by molar-refractivity contribution is 0.289. The molecule has 0 aliphatic heterocycles. The van der Waals surface area contributed by atoms with Gasteiger partial charge >= 0.3 is 0 Å². The molecule has 0 spiro atoms. The maximum Gasteiger partial charge on any atom is 0.285 e. The summed E-state index contributed by atoms with van der Waals surface area (Å²) in [6.07, 6.45) is 5.57. The van der Waals surface area contributed by atoms with E-state index in [0.29, 0.717) is 23.6 Å². The van der Waals surface area contributed by atoms with Gasteiger partial charge in [-0.25, -0.2) is 9.67 Å². The van der Waals surface area contributed by atoms with E-state index in [9.17, 15) is 4.79 Å². The molecular weight excluding hydrogens is 378 g/mol. The predicted molar refractivity (Wildman–Crippen MR) is 118 cm³/mol. The summed E-state index contributed by atoms with van der Waals surface area (Å²) in [6.45, 7) is 5.04. The van der Waals surface area contributed by atoms with Crippen molar-refractivity contribution in [3.63, 3.8) is 0 Å². The van der Waals surface area contributed by atoms with Gasteiger partial charge < -0.3 is 4.74 Å². The Labute approximate surface area is 174 Å². The first-order chi connectivity index (χ1) is 14.6. The average Bonchev–Trinajstić information content (AvgIpc) is 3.20. The molecule has 30 heavy (non-hydrogen) atoms. The summed E-state index contributed by atoms with van der Waals surface area (Å²) in [5.41, 5.74) is 1.93. The second-order valence-corrected chi connectivity index (χ2v) is 7.37. The van der Waals surface area contributed by atoms with Crippen LogP contribution in [0.1, 0.15) is 25.8 Å². The van der Waals surface area contributed by atoms with Crippen LogP contribution < -0.4 is 10.3 Å². The lowest BCUT2D eigenvalue weighted by Crippen LogP contribution is -2.17. The maximum absolute atomic E-state index is 12.8. The molecule has 2 heterocycles. The fourth-order valence-electron chi connectivity index (χ4n) is 2.93. The molecule has 4 rings (SSSR count). The van der Waals surface area contributed by atoms with Crippen molar-refractivity contribution in [2.45, 2.75) is 20.3 Å². The van der Waals surface area contributed by atoms with Gasteiger partial charge in [-0.1, -0.05) is 32.0 Å². The molecule has 0 fully saturated rings. The van der Waals surface area contributed by atoms with Gasteiger partial charge in [-0.2, -0.15) is 14.9 Å². The van der Waals surface area contributed by atoms with Crippen LogP contribution >= 0.6 is 0 Å². The third-order valence-corrected chi connectivity index (χ3v) is 4.65. The zero-order valence-corrected chi connectivity index (χ0v) is 17.0. The summed E-state index contributed by atoms with van der Waals surface area (Å²) in [5, 5.41) is 8.98. The van der Waals surface area contributed by atoms with Crippen LogP contribution in [0.4, 0.5) is 0 Å². The van der Waals surface area contributed by atoms with E-state index in [1.807, 2.05) is 54.6 Å². The first-order valence-electron chi connectivity index (χ1n) is 9.90. The number of hydrogen-bond donors (Lipinski definition) is 0. The fourth-order valence-corrected chi connectivity index (χ4v) is 2.93. The van der Waals surface area contributed by atoms with Gasteiger partial charge in [0.25, 0.3) is 5.56 Å². The van der Waals surface area contributed by atoms with E-state index in [1.54, 1.807) is 10.9 Å². The van der Waals surface area contributed by atoms with Crippen LogP contribution in [0, 0.1) is 5.92 Å². The minimum absolute atomic E-state index is 0.271. The maximum atomic E-state index is 12.8. The molecule has 0 atom stereocenters. The van der Waals surface area contributed by atoms with E-state index in [-0.39, 0.29) is 5.56 Å². The van der Waals surface area contributed by atoms with Gasteiger partial charge in [-0.15, -0.1) is 0 Å². The van der Waals surface area contributed by atoms with Crippen molar-refractivity contribution >= 4 is 17.2 Å². The SMILES string of the molecule is CC(C)CCOc1ccc(/C=N\n2cnc3c(cnn3-c3ccccc3)c2=O)cc1. The monoisotopic (exact) mass is 401 g/mol. The van der Waals surface area contributed by atoms with Crippen LogP contribution in [0.2, 0.25) is 0 Å². The topological polar surface area (TPSA) is 74.3 Å². The smallest absolute Gasteiger partial charge is 0.285 e. The molecule has 2 aromatic heterocycles. The summed E-state index contributed by atoms with van der Waals surface area (Å²) in [7, 11) is 0. The molecule has 0 amide bonds. The molecule has 0 radical (unpaired) electrons. The van der Waals surface area contributed by atoms with Crippen molar-refractivity contribution in [2.24, 2.45) is 11.0 Å². The fraction of sp³-hybridized carbons (Fsp3) is 0.217. The molecule has 0 saturated heterocycles. The normalized spacial score (nSPS) is 11.6. The summed E-state index contributed by atoms with van der Waals surface area (Å²) >= 11 is 0. The number of para-hydroxylation sites is 1. The highest BCUT2D eigenvalue weighted by Crippen LogP contribution is 2.14. The Morgan fingerprint density at radius 1 is 1.10 bits per heavy atom. The molecule has 4 aromatic rings. The Morgan fingerprint density at radius 2 is 1.87 bits per heavy atom. The van der Waals surface area contributed by atoms with E-state index in [1.165, 1.54) is 17.2 Å². The van der Waals surface area contributed by atoms with Crippen molar-refractivity contribution in [1.29, 1.82) is 0 Å². The number of ether oxygens (including phenoxy) is 1. The lowest BCUT2D eigenvalue weighted by atomic mass is 10.1. The van der Waals surface area contributed by atoms with Gasteiger partial charge in [-0.05, 0) is 54.3 Å². The molecule has 0 N–H and O–H groups in total. The van der Waals surface area contributed by atoms with Crippen molar-refractivity contribution < 1.29 is 4.74 Å². The number of benzene rings is 2. The Kier molecular flexibility index (Phi) is 5.70. The van der Waals surface area contributed by atoms with E-state index in [4.69, 9.17) is 4.74 Å². The Hall–Kier alpha value is -3.74. The molecule has 2 aromatic carbocycles. The Balaban J connectivity index is 1.52. The van der Waals surface area contributed by atoms with Crippen molar-refractivity contribution in [3.8, 4) is 11.4 Å². The van der Waals surface area contributed by atoms with Crippen LogP contribution in [0.25, 0.3) is 16.7 Å². The van der Waals surface area contributed by atoms with Crippen LogP contribution in [0.3, 0.4) is 0 Å². The number of fused-ring (bicyclic) bond motifs is 1. The van der Waals surface area contributed by atoms with Gasteiger partial charge in [0.05, 0.1) is 24.7 Å². The van der Waals surface area contributed by atoms with E-state index in [2.05, 4.69) is 29.0 Å². The minimum atomic E-state index is -0.271. The second kappa shape index (κ2) is 8.73. The van der Waals surface area contributed by atoms with Gasteiger partial charge in [0.15, 0.2) is 5.65 Å². The molecule has 7 nitrogen and oxygen atoms in total. The largest absolute Gasteiger partial charge is 0.494 e. The highest BCUT2D eigenvalue weighted by molar-refractivity contribution is 5.80. The van der Waals surface area contributed by atoms with Gasteiger partial charge in [0.1, 0.15) is 17.5 Å². The van der Waals surface area contributed by atoms with Crippen LogP contribution in [0.15, 0.2) is 77.0 Å². The molecule has 0 saturated carbocycles. The van der Waals surface area contributed by atoms with Crippen molar-refractivity contribution in [1.82, 2.24) is 19.4 Å². The minimum Gasteiger partial charge on any atom is -0.494 e. The van der Waals surface area contributed by atoms with Gasteiger partial charge in [-0.3, -0.25) is 4.79 Å². The van der Waals surface area contributed by atoms with Gasteiger partial charge in [0, 0.05) is 0 Å². The first kappa shape index (κ1) is 19.6. The molecule has 0 aliphatic carbocycles. The standard InChI is InChI=1S/C23H23N5O2/c1-17(2)12-13-30-20-10-8-18(9-11-20)14-25-27-16-24-22-21(23(27)29)15-26-28(22)19-6-4-3-5-7-19/h3-11,14-17H,12-13H2,1-2H3/b25-14-. The zero-order chi connectivity index (χ0) is 20.9. The van der Waals surface area contributed by atoms with Gasteiger partial charge in [0.2, 0.25) is 0 Å². The van der Waals surface area contributed by atoms with Crippen LogP contribution in [-0.2, 0) is 0 Å². The Morgan fingerprint density at radius 3 is 2.60 bits per heavy atom. The molecule has 0 unspecified atom stereocenters. The molecule has 0 bridgehead atoms. The number of aromatic nitrogens is 4. The van der Waals surface area contributed by atoms with Crippen molar-refractivity contribution in [2.75, 3.05) is 6.61 Å². The summed E-state index contributed by atoms with van der Waals surface area (Å²) in [5.74, 6) is 1.43. The highest BCUT2D eigenvalue weighted by Gasteiger charge is 2.10. The highest BCUT2D eigenvalue weighted by atomic mass is 16.5. The van der Waals surface area contributed by atoms with E-state index < -0.39 is 0 Å². The zero-order valence-electron chi connectivity index (χ0n) is 17.0. The average molecular weight is 401 g/mol. The molecule has 0 aliphatic rings. The van der Waals surface area contributed by atoms with Crippen molar-refractivity contribution in [3.05, 3.63) is 83.0 Å².